The van der Waals surface area contributed by atoms with Crippen LogP contribution in [-0.2, 0) is 27.5 Å². The number of aromatic hydroxyl groups is 1. The van der Waals surface area contributed by atoms with Crippen LogP contribution in [0.1, 0.15) is 47.4 Å². The number of nitrogens with zero attached hydrogens (tertiary/aromatic N) is 1. The van der Waals surface area contributed by atoms with Crippen LogP contribution in [0.25, 0.3) is 0 Å². The Bertz CT molecular complexity index is 1410. The Labute approximate surface area is 252 Å². The summed E-state index contributed by atoms with van der Waals surface area (Å²) in [6.07, 6.45) is 0.892. The standard InChI is InChI=1S/C35H37N3O5/c36-33(40)31(18-10-11-23-37-35(42)43-25-27-12-4-1-5-13-27)38(24-26-19-21-30(39)22-20-26)34(41)32(28-14-6-2-7-15-28)29-16-8-3-9-17-29/h1-9,12-17,19-22,31-32,39H,10-11,18,23-25H2,(H2,36,40)(H,37,42)/t31-/m1/s1. The summed E-state index contributed by atoms with van der Waals surface area (Å²) in [5, 5.41) is 12.5. The van der Waals surface area contributed by atoms with E-state index in [9.17, 15) is 19.5 Å². The molecule has 43 heavy (non-hydrogen) atoms. The minimum Gasteiger partial charge on any atom is -0.508 e. The fraction of sp³-hybridized carbons (Fsp3) is 0.229. The number of carbonyl (C=O) groups is 3. The number of benzene rings is 4. The summed E-state index contributed by atoms with van der Waals surface area (Å²) in [5.74, 6) is -1.41. The fourth-order valence-electron chi connectivity index (χ4n) is 4.95. The van der Waals surface area contributed by atoms with Gasteiger partial charge in [0.2, 0.25) is 11.8 Å². The maximum atomic E-state index is 14.4. The molecular weight excluding hydrogens is 542 g/mol. The largest absolute Gasteiger partial charge is 0.508 e. The molecule has 0 aliphatic rings. The van der Waals surface area contributed by atoms with E-state index < -0.39 is 24.0 Å². The Morgan fingerprint density at radius 1 is 0.744 bits per heavy atom. The molecule has 4 aromatic carbocycles. The SMILES string of the molecule is NC(=O)[C@@H](CCCCNC(=O)OCc1ccccc1)N(Cc1ccc(O)cc1)C(=O)C(c1ccccc1)c1ccccc1. The summed E-state index contributed by atoms with van der Waals surface area (Å²) in [7, 11) is 0. The summed E-state index contributed by atoms with van der Waals surface area (Å²) >= 11 is 0. The highest BCUT2D eigenvalue weighted by Crippen LogP contribution is 2.29. The molecule has 4 N–H and O–H groups in total. The van der Waals surface area contributed by atoms with Gasteiger partial charge in [0, 0.05) is 13.1 Å². The van der Waals surface area contributed by atoms with Crippen molar-refractivity contribution in [1.82, 2.24) is 10.2 Å². The Morgan fingerprint density at radius 3 is 1.86 bits per heavy atom. The Morgan fingerprint density at radius 2 is 1.30 bits per heavy atom. The molecule has 4 rings (SSSR count). The number of carbonyl (C=O) groups excluding carboxylic acids is 3. The number of amides is 3. The number of rotatable bonds is 14. The second-order valence-electron chi connectivity index (χ2n) is 10.3. The van der Waals surface area contributed by atoms with E-state index in [4.69, 9.17) is 10.5 Å². The van der Waals surface area contributed by atoms with Crippen molar-refractivity contribution in [1.29, 1.82) is 0 Å². The molecule has 0 unspecified atom stereocenters. The van der Waals surface area contributed by atoms with Crippen LogP contribution < -0.4 is 11.1 Å². The van der Waals surface area contributed by atoms with Crippen LogP contribution in [0.3, 0.4) is 0 Å². The minimum absolute atomic E-state index is 0.106. The highest BCUT2D eigenvalue weighted by Gasteiger charge is 2.34. The fourth-order valence-corrected chi connectivity index (χ4v) is 4.95. The Kier molecular flexibility index (Phi) is 11.3. The van der Waals surface area contributed by atoms with E-state index in [1.165, 1.54) is 0 Å². The van der Waals surface area contributed by atoms with E-state index in [-0.39, 0.29) is 24.8 Å². The number of unbranched alkanes of at least 4 members (excludes halogenated alkanes) is 1. The first-order valence-electron chi connectivity index (χ1n) is 14.3. The van der Waals surface area contributed by atoms with Gasteiger partial charge in [0.25, 0.3) is 0 Å². The summed E-state index contributed by atoms with van der Waals surface area (Å²) < 4.78 is 5.25. The molecule has 0 aliphatic heterocycles. The third-order valence-corrected chi connectivity index (χ3v) is 7.18. The third kappa shape index (κ3) is 9.19. The molecule has 0 saturated heterocycles. The number of alkyl carbamates (subject to hydrolysis) is 1. The van der Waals surface area contributed by atoms with E-state index in [1.54, 1.807) is 29.2 Å². The van der Waals surface area contributed by atoms with Crippen molar-refractivity contribution in [3.63, 3.8) is 0 Å². The summed E-state index contributed by atoms with van der Waals surface area (Å²) in [6.45, 7) is 0.656. The van der Waals surface area contributed by atoms with Crippen molar-refractivity contribution in [3.8, 4) is 5.75 Å². The number of primary amides is 1. The molecule has 1 atom stereocenters. The van der Waals surface area contributed by atoms with E-state index in [0.29, 0.717) is 25.8 Å². The van der Waals surface area contributed by atoms with Gasteiger partial charge in [0.15, 0.2) is 0 Å². The van der Waals surface area contributed by atoms with Gasteiger partial charge in [-0.05, 0) is 53.6 Å². The lowest BCUT2D eigenvalue weighted by Gasteiger charge is -2.33. The summed E-state index contributed by atoms with van der Waals surface area (Å²) in [6, 6.07) is 34.0. The lowest BCUT2D eigenvalue weighted by molar-refractivity contribution is -0.141. The normalized spacial score (nSPS) is 11.5. The molecule has 0 fully saturated rings. The van der Waals surface area contributed by atoms with Crippen LogP contribution in [0, 0.1) is 0 Å². The quantitative estimate of drug-likeness (QED) is 0.170. The molecule has 0 heterocycles. The molecule has 0 bridgehead atoms. The second kappa shape index (κ2) is 15.8. The van der Waals surface area contributed by atoms with Gasteiger partial charge in [-0.15, -0.1) is 0 Å². The number of hydrogen-bond acceptors (Lipinski definition) is 5. The van der Waals surface area contributed by atoms with Crippen molar-refractivity contribution < 1.29 is 24.2 Å². The van der Waals surface area contributed by atoms with Crippen LogP contribution in [0.2, 0.25) is 0 Å². The van der Waals surface area contributed by atoms with Crippen molar-refractivity contribution in [2.24, 2.45) is 5.73 Å². The molecule has 0 aliphatic carbocycles. The van der Waals surface area contributed by atoms with Crippen LogP contribution in [0.4, 0.5) is 4.79 Å². The zero-order chi connectivity index (χ0) is 30.4. The maximum Gasteiger partial charge on any atom is 0.407 e. The Balaban J connectivity index is 1.47. The number of nitrogens with two attached hydrogens (primary N) is 1. The molecular formula is C35H37N3O5. The third-order valence-electron chi connectivity index (χ3n) is 7.18. The molecule has 0 saturated carbocycles. The van der Waals surface area contributed by atoms with Gasteiger partial charge in [0.1, 0.15) is 18.4 Å². The van der Waals surface area contributed by atoms with Gasteiger partial charge in [-0.2, -0.15) is 0 Å². The van der Waals surface area contributed by atoms with Gasteiger partial charge in [-0.1, -0.05) is 103 Å². The van der Waals surface area contributed by atoms with Crippen molar-refractivity contribution in [2.45, 2.75) is 44.4 Å². The average molecular weight is 580 g/mol. The molecule has 3 amide bonds. The minimum atomic E-state index is -0.888. The van der Waals surface area contributed by atoms with Crippen LogP contribution in [-0.4, -0.2) is 40.5 Å². The number of ether oxygens (including phenoxy) is 1. The molecule has 8 heteroatoms. The van der Waals surface area contributed by atoms with Gasteiger partial charge < -0.3 is 25.8 Å². The van der Waals surface area contributed by atoms with Crippen LogP contribution in [0.15, 0.2) is 115 Å². The van der Waals surface area contributed by atoms with E-state index >= 15 is 0 Å². The number of hydrogen-bond donors (Lipinski definition) is 3. The first-order chi connectivity index (χ1) is 20.9. The molecule has 222 valence electrons. The second-order valence-corrected chi connectivity index (χ2v) is 10.3. The predicted molar refractivity (Wildman–Crippen MR) is 165 cm³/mol. The first kappa shape index (κ1) is 30.8. The smallest absolute Gasteiger partial charge is 0.407 e. The molecule has 4 aromatic rings. The van der Waals surface area contributed by atoms with Gasteiger partial charge in [0.05, 0.1) is 5.92 Å². The van der Waals surface area contributed by atoms with Crippen molar-refractivity contribution >= 4 is 17.9 Å². The maximum absolute atomic E-state index is 14.4. The first-order valence-corrected chi connectivity index (χ1v) is 14.3. The number of nitrogens with one attached hydrogen (secondary N) is 1. The van der Waals surface area contributed by atoms with Crippen molar-refractivity contribution in [2.75, 3.05) is 6.54 Å². The van der Waals surface area contributed by atoms with Crippen molar-refractivity contribution in [3.05, 3.63) is 138 Å². The molecule has 0 radical (unpaired) electrons. The van der Waals surface area contributed by atoms with E-state index in [0.717, 1.165) is 22.3 Å². The molecule has 0 aromatic heterocycles. The molecule has 0 spiro atoms. The van der Waals surface area contributed by atoms with Gasteiger partial charge in [-0.3, -0.25) is 9.59 Å². The summed E-state index contributed by atoms with van der Waals surface area (Å²) in [5.41, 5.74) is 9.17. The zero-order valence-corrected chi connectivity index (χ0v) is 24.0. The van der Waals surface area contributed by atoms with Gasteiger partial charge >= 0.3 is 6.09 Å². The lowest BCUT2D eigenvalue weighted by atomic mass is 9.89. The number of phenols is 1. The highest BCUT2D eigenvalue weighted by atomic mass is 16.5. The topological polar surface area (TPSA) is 122 Å². The predicted octanol–water partition coefficient (Wildman–Crippen LogP) is 5.50. The van der Waals surface area contributed by atoms with Crippen LogP contribution in [0.5, 0.6) is 5.75 Å². The lowest BCUT2D eigenvalue weighted by Crippen LogP contribution is -2.49. The van der Waals surface area contributed by atoms with Crippen LogP contribution >= 0.6 is 0 Å². The number of phenolic OH excluding ortho intramolecular Hbond substituents is 1. The average Bonchev–Trinajstić information content (AvgIpc) is 3.03. The monoisotopic (exact) mass is 579 g/mol. The zero-order valence-electron chi connectivity index (χ0n) is 24.0. The van der Waals surface area contributed by atoms with Gasteiger partial charge in [-0.25, -0.2) is 4.79 Å². The van der Waals surface area contributed by atoms with E-state index in [1.807, 2.05) is 91.0 Å². The molecule has 8 nitrogen and oxygen atoms in total. The van der Waals surface area contributed by atoms with E-state index in [2.05, 4.69) is 5.32 Å². The summed E-state index contributed by atoms with van der Waals surface area (Å²) in [4.78, 5) is 41.0. The highest BCUT2D eigenvalue weighted by molar-refractivity contribution is 5.92. The Hall–Kier alpha value is -5.11.